The Morgan fingerprint density at radius 2 is 2.21 bits per heavy atom. The fraction of sp³-hybridized carbons (Fsp3) is 0.778. The van der Waals surface area contributed by atoms with E-state index >= 15 is 0 Å². The maximum atomic E-state index is 5.55. The van der Waals surface area contributed by atoms with Crippen LogP contribution in [0.4, 0.5) is 5.13 Å². The van der Waals surface area contributed by atoms with Crippen LogP contribution in [-0.4, -0.2) is 22.8 Å². The molecule has 5 heteroatoms. The number of hydrogen-bond donors (Lipinski definition) is 1. The molecule has 0 aliphatic rings. The summed E-state index contributed by atoms with van der Waals surface area (Å²) in [7, 11) is 0. The van der Waals surface area contributed by atoms with Crippen LogP contribution < -0.4 is 5.32 Å². The average Bonchev–Trinajstić information content (AvgIpc) is 2.63. The van der Waals surface area contributed by atoms with Crippen molar-refractivity contribution in [3.63, 3.8) is 0 Å². The Kier molecular flexibility index (Phi) is 4.82. The molecule has 1 rings (SSSR count). The van der Waals surface area contributed by atoms with Crippen molar-refractivity contribution in [2.45, 2.75) is 39.9 Å². The van der Waals surface area contributed by atoms with Gasteiger partial charge in [-0.2, -0.15) is 0 Å². The van der Waals surface area contributed by atoms with Gasteiger partial charge in [0.25, 0.3) is 0 Å². The molecule has 0 spiro atoms. The lowest BCUT2D eigenvalue weighted by atomic mass is 10.3. The van der Waals surface area contributed by atoms with Gasteiger partial charge in [0.15, 0.2) is 0 Å². The van der Waals surface area contributed by atoms with Crippen LogP contribution >= 0.6 is 11.3 Å². The van der Waals surface area contributed by atoms with E-state index in [9.17, 15) is 0 Å². The van der Waals surface area contributed by atoms with Crippen LogP contribution in [0.1, 0.15) is 32.2 Å². The third kappa shape index (κ3) is 3.59. The molecule has 1 unspecified atom stereocenters. The van der Waals surface area contributed by atoms with Gasteiger partial charge in [0.05, 0.1) is 6.10 Å². The summed E-state index contributed by atoms with van der Waals surface area (Å²) in [5.41, 5.74) is 0. The van der Waals surface area contributed by atoms with Crippen LogP contribution in [0.25, 0.3) is 0 Å². The van der Waals surface area contributed by atoms with Gasteiger partial charge in [0.2, 0.25) is 5.13 Å². The number of nitrogens with one attached hydrogen (secondary N) is 1. The normalized spacial score (nSPS) is 12.8. The number of rotatable bonds is 6. The first-order chi connectivity index (χ1) is 6.76. The number of ether oxygens (including phenoxy) is 1. The third-order valence-electron chi connectivity index (χ3n) is 1.86. The summed E-state index contributed by atoms with van der Waals surface area (Å²) in [5, 5.41) is 12.9. The lowest BCUT2D eigenvalue weighted by Crippen LogP contribution is -2.05. The van der Waals surface area contributed by atoms with E-state index in [-0.39, 0.29) is 0 Å². The summed E-state index contributed by atoms with van der Waals surface area (Å²) in [5.74, 6) is 0. The van der Waals surface area contributed by atoms with Gasteiger partial charge in [-0.25, -0.2) is 0 Å². The molecular weight excluding hydrogens is 198 g/mol. The zero-order chi connectivity index (χ0) is 10.4. The minimum Gasteiger partial charge on any atom is -0.371 e. The van der Waals surface area contributed by atoms with Crippen molar-refractivity contribution in [3.05, 3.63) is 5.01 Å². The number of anilines is 1. The monoisotopic (exact) mass is 215 g/mol. The molecule has 1 aromatic rings. The Hall–Kier alpha value is -0.680. The van der Waals surface area contributed by atoms with E-state index in [4.69, 9.17) is 4.74 Å². The zero-order valence-electron chi connectivity index (χ0n) is 8.91. The van der Waals surface area contributed by atoms with Gasteiger partial charge in [-0.1, -0.05) is 18.3 Å². The van der Waals surface area contributed by atoms with E-state index in [0.29, 0.717) is 12.7 Å². The van der Waals surface area contributed by atoms with Crippen molar-refractivity contribution < 1.29 is 4.74 Å². The average molecular weight is 215 g/mol. The molecule has 1 aromatic heterocycles. The predicted octanol–water partition coefficient (Wildman–Crippen LogP) is 2.29. The Labute approximate surface area is 88.7 Å². The quantitative estimate of drug-likeness (QED) is 0.791. The molecule has 1 heterocycles. The molecule has 14 heavy (non-hydrogen) atoms. The molecule has 0 fully saturated rings. The van der Waals surface area contributed by atoms with Crippen molar-refractivity contribution in [3.8, 4) is 0 Å². The number of aromatic nitrogens is 2. The zero-order valence-corrected chi connectivity index (χ0v) is 9.73. The van der Waals surface area contributed by atoms with Gasteiger partial charge >= 0.3 is 0 Å². The molecule has 1 atom stereocenters. The molecule has 0 saturated carbocycles. The maximum absolute atomic E-state index is 5.55. The maximum Gasteiger partial charge on any atom is 0.205 e. The molecule has 1 N–H and O–H groups in total. The van der Waals surface area contributed by atoms with E-state index in [2.05, 4.69) is 29.4 Å². The molecule has 4 nitrogen and oxygen atoms in total. The van der Waals surface area contributed by atoms with Gasteiger partial charge in [0, 0.05) is 6.54 Å². The summed E-state index contributed by atoms with van der Waals surface area (Å²) < 4.78 is 5.55. The predicted molar refractivity (Wildman–Crippen MR) is 58.6 cm³/mol. The standard InChI is InChI=1S/C9H17N3OS/c1-4-7(3)13-6-8-11-12-9(14-8)10-5-2/h7H,4-6H2,1-3H3,(H,10,12). The first-order valence-corrected chi connectivity index (χ1v) is 5.75. The minimum absolute atomic E-state index is 0.293. The second-order valence-electron chi connectivity index (χ2n) is 3.06. The topological polar surface area (TPSA) is 47.0 Å². The van der Waals surface area contributed by atoms with E-state index < -0.39 is 0 Å². The molecule has 80 valence electrons. The molecular formula is C9H17N3OS. The van der Waals surface area contributed by atoms with Crippen LogP contribution in [0.3, 0.4) is 0 Å². The molecule has 0 aromatic carbocycles. The van der Waals surface area contributed by atoms with Crippen molar-refractivity contribution in [1.82, 2.24) is 10.2 Å². The first-order valence-electron chi connectivity index (χ1n) is 4.94. The highest BCUT2D eigenvalue weighted by molar-refractivity contribution is 7.15. The van der Waals surface area contributed by atoms with Crippen LogP contribution in [0.5, 0.6) is 0 Å². The summed E-state index contributed by atoms with van der Waals surface area (Å²) >= 11 is 1.55. The van der Waals surface area contributed by atoms with E-state index in [1.165, 1.54) is 0 Å². The summed E-state index contributed by atoms with van der Waals surface area (Å²) in [4.78, 5) is 0. The highest BCUT2D eigenvalue weighted by Gasteiger charge is 2.05. The minimum atomic E-state index is 0.293. The number of nitrogens with zero attached hydrogens (tertiary/aromatic N) is 2. The van der Waals surface area contributed by atoms with E-state index in [1.54, 1.807) is 11.3 Å². The highest BCUT2D eigenvalue weighted by Crippen LogP contribution is 2.16. The van der Waals surface area contributed by atoms with Gasteiger partial charge in [-0.3, -0.25) is 0 Å². The smallest absolute Gasteiger partial charge is 0.205 e. The largest absolute Gasteiger partial charge is 0.371 e. The van der Waals surface area contributed by atoms with Crippen LogP contribution in [-0.2, 0) is 11.3 Å². The van der Waals surface area contributed by atoms with Gasteiger partial charge in [-0.05, 0) is 20.3 Å². The fourth-order valence-electron chi connectivity index (χ4n) is 0.866. The first kappa shape index (κ1) is 11.4. The van der Waals surface area contributed by atoms with Gasteiger partial charge in [0.1, 0.15) is 11.6 Å². The van der Waals surface area contributed by atoms with Crippen molar-refractivity contribution in [2.75, 3.05) is 11.9 Å². The van der Waals surface area contributed by atoms with Crippen molar-refractivity contribution >= 4 is 16.5 Å². The molecule has 0 bridgehead atoms. The second-order valence-corrected chi connectivity index (χ2v) is 4.12. The third-order valence-corrected chi connectivity index (χ3v) is 2.72. The highest BCUT2D eigenvalue weighted by atomic mass is 32.1. The lowest BCUT2D eigenvalue weighted by Gasteiger charge is -2.07. The Morgan fingerprint density at radius 3 is 2.86 bits per heavy atom. The van der Waals surface area contributed by atoms with Crippen LogP contribution in [0.15, 0.2) is 0 Å². The molecule has 0 aliphatic carbocycles. The Morgan fingerprint density at radius 1 is 1.43 bits per heavy atom. The fourth-order valence-corrected chi connectivity index (χ4v) is 1.60. The molecule has 0 aliphatic heterocycles. The summed E-state index contributed by atoms with van der Waals surface area (Å²) in [6.45, 7) is 7.65. The summed E-state index contributed by atoms with van der Waals surface area (Å²) in [6, 6.07) is 0. The van der Waals surface area contributed by atoms with Gasteiger partial charge in [-0.15, -0.1) is 10.2 Å². The SMILES string of the molecule is CCNc1nnc(COC(C)CC)s1. The lowest BCUT2D eigenvalue weighted by molar-refractivity contribution is 0.0504. The molecule has 0 amide bonds. The Bertz CT molecular complexity index is 264. The summed E-state index contributed by atoms with van der Waals surface area (Å²) in [6.07, 6.45) is 1.32. The Balaban J connectivity index is 2.35. The van der Waals surface area contributed by atoms with Gasteiger partial charge < -0.3 is 10.1 Å². The van der Waals surface area contributed by atoms with Crippen LogP contribution in [0, 0.1) is 0 Å². The molecule has 0 saturated heterocycles. The van der Waals surface area contributed by atoms with E-state index in [0.717, 1.165) is 23.1 Å². The van der Waals surface area contributed by atoms with Crippen molar-refractivity contribution in [1.29, 1.82) is 0 Å². The second kappa shape index (κ2) is 5.93. The van der Waals surface area contributed by atoms with E-state index in [1.807, 2.05) is 6.92 Å². The van der Waals surface area contributed by atoms with Crippen molar-refractivity contribution in [2.24, 2.45) is 0 Å². The van der Waals surface area contributed by atoms with Crippen LogP contribution in [0.2, 0.25) is 0 Å². The number of hydrogen-bond acceptors (Lipinski definition) is 5. The molecule has 0 radical (unpaired) electrons.